The second-order valence-electron chi connectivity index (χ2n) is 3.10. The van der Waals surface area contributed by atoms with Crippen LogP contribution in [0, 0.1) is 5.92 Å². The highest BCUT2D eigenvalue weighted by molar-refractivity contribution is 9.12. The Balaban J connectivity index is 2.91. The normalized spacial score (nSPS) is 29.0. The van der Waals surface area contributed by atoms with Crippen LogP contribution in [0.1, 0.15) is 19.8 Å². The van der Waals surface area contributed by atoms with E-state index >= 15 is 0 Å². The van der Waals surface area contributed by atoms with Crippen molar-refractivity contribution in [3.63, 3.8) is 0 Å². The lowest BCUT2D eigenvalue weighted by Gasteiger charge is -2.25. The minimum atomic E-state index is -0.0854. The molecule has 0 heterocycles. The fourth-order valence-electron chi connectivity index (χ4n) is 1.40. The third kappa shape index (κ3) is 2.29. The SMILES string of the molecule is CCCC1C(Br)=C(O)C=C(O)C1Br. The summed E-state index contributed by atoms with van der Waals surface area (Å²) in [6.45, 7) is 2.08. The molecule has 0 spiro atoms. The van der Waals surface area contributed by atoms with Gasteiger partial charge in [-0.1, -0.05) is 45.2 Å². The first kappa shape index (κ1) is 11.1. The van der Waals surface area contributed by atoms with Gasteiger partial charge < -0.3 is 10.2 Å². The molecule has 0 fully saturated rings. The molecule has 2 nitrogen and oxygen atoms in total. The molecule has 0 aliphatic heterocycles. The molecule has 4 heteroatoms. The minimum absolute atomic E-state index is 0.0854. The summed E-state index contributed by atoms with van der Waals surface area (Å²) in [5, 5.41) is 18.9. The Bertz CT molecular complexity index is 258. The van der Waals surface area contributed by atoms with Gasteiger partial charge in [-0.05, 0) is 6.42 Å². The van der Waals surface area contributed by atoms with E-state index in [4.69, 9.17) is 0 Å². The van der Waals surface area contributed by atoms with Crippen LogP contribution in [-0.2, 0) is 0 Å². The summed E-state index contributed by atoms with van der Waals surface area (Å²) < 4.78 is 0.772. The van der Waals surface area contributed by atoms with Crippen molar-refractivity contribution in [2.24, 2.45) is 5.92 Å². The molecule has 0 amide bonds. The number of aliphatic hydroxyl groups excluding tert-OH is 2. The maximum Gasteiger partial charge on any atom is 0.129 e. The van der Waals surface area contributed by atoms with Crippen molar-refractivity contribution in [3.8, 4) is 0 Å². The van der Waals surface area contributed by atoms with Crippen LogP contribution in [-0.4, -0.2) is 15.0 Å². The minimum Gasteiger partial charge on any atom is -0.511 e. The van der Waals surface area contributed by atoms with Gasteiger partial charge in [0, 0.05) is 16.5 Å². The zero-order chi connectivity index (χ0) is 10.0. The van der Waals surface area contributed by atoms with Crippen molar-refractivity contribution in [2.45, 2.75) is 24.6 Å². The Labute approximate surface area is 94.6 Å². The van der Waals surface area contributed by atoms with Crippen LogP contribution in [0.3, 0.4) is 0 Å². The van der Waals surface area contributed by atoms with E-state index in [1.807, 2.05) is 0 Å². The lowest BCUT2D eigenvalue weighted by Crippen LogP contribution is -2.21. The first-order valence-electron chi connectivity index (χ1n) is 4.21. The zero-order valence-electron chi connectivity index (χ0n) is 7.30. The lowest BCUT2D eigenvalue weighted by molar-refractivity contribution is 0.339. The van der Waals surface area contributed by atoms with E-state index in [1.165, 1.54) is 6.08 Å². The molecule has 1 aliphatic carbocycles. The van der Waals surface area contributed by atoms with E-state index in [9.17, 15) is 10.2 Å². The van der Waals surface area contributed by atoms with Crippen LogP contribution in [0.4, 0.5) is 0 Å². The second-order valence-corrected chi connectivity index (χ2v) is 4.94. The van der Waals surface area contributed by atoms with E-state index in [-0.39, 0.29) is 22.3 Å². The number of allylic oxidation sites excluding steroid dienone is 3. The molecule has 0 bridgehead atoms. The van der Waals surface area contributed by atoms with Gasteiger partial charge in [-0.25, -0.2) is 0 Å². The Kier molecular flexibility index (Phi) is 3.86. The summed E-state index contributed by atoms with van der Waals surface area (Å²) in [5.74, 6) is 0.459. The fourth-order valence-corrected chi connectivity index (χ4v) is 3.02. The van der Waals surface area contributed by atoms with Crippen LogP contribution in [0.2, 0.25) is 0 Å². The summed E-state index contributed by atoms with van der Waals surface area (Å²) in [6.07, 6.45) is 3.32. The van der Waals surface area contributed by atoms with Crippen LogP contribution < -0.4 is 0 Å². The van der Waals surface area contributed by atoms with Crippen LogP contribution in [0.15, 0.2) is 22.1 Å². The molecule has 2 atom stereocenters. The number of alkyl halides is 1. The van der Waals surface area contributed by atoms with Gasteiger partial charge in [-0.15, -0.1) is 0 Å². The van der Waals surface area contributed by atoms with Crippen molar-refractivity contribution in [3.05, 3.63) is 22.1 Å². The molecule has 2 N–H and O–H groups in total. The Morgan fingerprint density at radius 3 is 2.62 bits per heavy atom. The van der Waals surface area contributed by atoms with Crippen molar-refractivity contribution in [1.29, 1.82) is 0 Å². The maximum absolute atomic E-state index is 9.46. The molecule has 0 aromatic rings. The predicted molar refractivity (Wildman–Crippen MR) is 60.4 cm³/mol. The smallest absolute Gasteiger partial charge is 0.129 e. The molecular weight excluding hydrogens is 300 g/mol. The van der Waals surface area contributed by atoms with E-state index in [2.05, 4.69) is 38.8 Å². The fraction of sp³-hybridized carbons (Fsp3) is 0.556. The quantitative estimate of drug-likeness (QED) is 0.762. The Morgan fingerprint density at radius 2 is 2.08 bits per heavy atom. The average molecular weight is 312 g/mol. The molecule has 0 aromatic carbocycles. The molecule has 0 aromatic heterocycles. The highest BCUT2D eigenvalue weighted by Gasteiger charge is 2.29. The monoisotopic (exact) mass is 310 g/mol. The third-order valence-electron chi connectivity index (χ3n) is 2.09. The van der Waals surface area contributed by atoms with Gasteiger partial charge >= 0.3 is 0 Å². The number of halogens is 2. The van der Waals surface area contributed by atoms with Gasteiger partial charge in [0.2, 0.25) is 0 Å². The largest absolute Gasteiger partial charge is 0.511 e. The second kappa shape index (κ2) is 4.51. The Morgan fingerprint density at radius 1 is 1.46 bits per heavy atom. The van der Waals surface area contributed by atoms with E-state index in [0.717, 1.165) is 17.3 Å². The van der Waals surface area contributed by atoms with Crippen molar-refractivity contribution >= 4 is 31.9 Å². The molecule has 0 saturated carbocycles. The van der Waals surface area contributed by atoms with Crippen molar-refractivity contribution in [2.75, 3.05) is 0 Å². The molecule has 0 radical (unpaired) electrons. The molecule has 74 valence electrons. The van der Waals surface area contributed by atoms with Gasteiger partial charge in [-0.2, -0.15) is 0 Å². The zero-order valence-corrected chi connectivity index (χ0v) is 10.5. The summed E-state index contributed by atoms with van der Waals surface area (Å²) in [5.41, 5.74) is 0. The van der Waals surface area contributed by atoms with Crippen LogP contribution in [0.5, 0.6) is 0 Å². The summed E-state index contributed by atoms with van der Waals surface area (Å²) in [6, 6.07) is 0. The van der Waals surface area contributed by atoms with Gasteiger partial charge in [0.05, 0.1) is 4.83 Å². The number of hydrogen-bond acceptors (Lipinski definition) is 2. The van der Waals surface area contributed by atoms with Crippen LogP contribution >= 0.6 is 31.9 Å². The van der Waals surface area contributed by atoms with Gasteiger partial charge in [-0.3, -0.25) is 0 Å². The molecule has 2 unspecified atom stereocenters. The standard InChI is InChI=1S/C9H12Br2O2/c1-2-3-5-8(10)6(12)4-7(13)9(5)11/h4-5,8,12-13H,2-3H2,1H3. The first-order valence-corrected chi connectivity index (χ1v) is 5.92. The molecule has 1 aliphatic rings. The average Bonchev–Trinajstić information content (AvgIpc) is 2.09. The molecule has 13 heavy (non-hydrogen) atoms. The predicted octanol–water partition coefficient (Wildman–Crippen LogP) is 3.79. The first-order chi connectivity index (χ1) is 6.07. The van der Waals surface area contributed by atoms with E-state index in [1.54, 1.807) is 0 Å². The summed E-state index contributed by atoms with van der Waals surface area (Å²) in [4.78, 5) is -0.0854. The molecule has 1 rings (SSSR count). The summed E-state index contributed by atoms with van der Waals surface area (Å²) in [7, 11) is 0. The van der Waals surface area contributed by atoms with E-state index < -0.39 is 0 Å². The number of rotatable bonds is 2. The van der Waals surface area contributed by atoms with Crippen LogP contribution in [0.25, 0.3) is 0 Å². The van der Waals surface area contributed by atoms with Crippen molar-refractivity contribution < 1.29 is 10.2 Å². The number of hydrogen-bond donors (Lipinski definition) is 2. The molecule has 0 saturated heterocycles. The van der Waals surface area contributed by atoms with Crippen molar-refractivity contribution in [1.82, 2.24) is 0 Å². The number of aliphatic hydroxyl groups is 2. The van der Waals surface area contributed by atoms with Gasteiger partial charge in [0.25, 0.3) is 0 Å². The summed E-state index contributed by atoms with van der Waals surface area (Å²) >= 11 is 6.73. The third-order valence-corrected chi connectivity index (χ3v) is 4.19. The van der Waals surface area contributed by atoms with Gasteiger partial charge in [0.15, 0.2) is 0 Å². The highest BCUT2D eigenvalue weighted by atomic mass is 79.9. The van der Waals surface area contributed by atoms with Gasteiger partial charge in [0.1, 0.15) is 11.5 Å². The molecular formula is C9H12Br2O2. The Hall–Kier alpha value is 0.0400. The lowest BCUT2D eigenvalue weighted by atomic mass is 9.94. The van der Waals surface area contributed by atoms with E-state index in [0.29, 0.717) is 0 Å². The topological polar surface area (TPSA) is 40.5 Å². The maximum atomic E-state index is 9.46. The highest BCUT2D eigenvalue weighted by Crippen LogP contribution is 2.38.